The largest absolute Gasteiger partial charge is 0.416 e. The third-order valence-corrected chi connectivity index (χ3v) is 13.9. The third kappa shape index (κ3) is 6.98. The van der Waals surface area contributed by atoms with Crippen LogP contribution in [0.2, 0.25) is 0 Å². The van der Waals surface area contributed by atoms with Gasteiger partial charge in [0.05, 0.1) is 22.2 Å². The number of nitrogens with zero attached hydrogens (tertiary/aromatic N) is 4. The Kier molecular flexibility index (Phi) is 9.44. The molecular formula is C60H38F6N4. The van der Waals surface area contributed by atoms with Gasteiger partial charge in [-0.1, -0.05) is 72.2 Å². The van der Waals surface area contributed by atoms with E-state index in [0.717, 1.165) is 134 Å². The lowest BCUT2D eigenvalue weighted by Gasteiger charge is -2.05. The Hall–Kier alpha value is -8.60. The van der Waals surface area contributed by atoms with Crippen molar-refractivity contribution in [3.63, 3.8) is 0 Å². The minimum absolute atomic E-state index is 0.516. The number of hydrogen-bond acceptors (Lipinski definition) is 0. The summed E-state index contributed by atoms with van der Waals surface area (Å²) in [6.45, 7) is 0. The Balaban J connectivity index is 0.824. The molecule has 12 rings (SSSR count). The highest BCUT2D eigenvalue weighted by molar-refractivity contribution is 6.19. The number of fused-ring (bicyclic) bond motifs is 12. The Labute approximate surface area is 396 Å². The highest BCUT2D eigenvalue weighted by atomic mass is 19.4. The molecule has 0 N–H and O–H groups in total. The number of hydrogen-bond donors (Lipinski definition) is 0. The zero-order valence-corrected chi connectivity index (χ0v) is 38.1. The van der Waals surface area contributed by atoms with E-state index in [2.05, 4.69) is 141 Å². The van der Waals surface area contributed by atoms with Gasteiger partial charge in [0.2, 0.25) is 0 Å². The molecule has 0 saturated heterocycles. The number of alkyl halides is 6. The summed E-state index contributed by atoms with van der Waals surface area (Å²) >= 11 is 0. The number of rotatable bonds is 2. The molecule has 0 atom stereocenters. The molecule has 0 radical (unpaired) electrons. The molecule has 8 aromatic carbocycles. The van der Waals surface area contributed by atoms with Crippen LogP contribution in [0, 0.1) is 23.7 Å². The van der Waals surface area contributed by atoms with E-state index >= 15 is 0 Å². The van der Waals surface area contributed by atoms with E-state index in [1.54, 1.807) is 0 Å². The van der Waals surface area contributed by atoms with Gasteiger partial charge in [-0.05, 0) is 120 Å². The summed E-state index contributed by atoms with van der Waals surface area (Å²) in [5.74, 6) is 12.3. The molecule has 70 heavy (non-hydrogen) atoms. The van der Waals surface area contributed by atoms with E-state index in [1.807, 2.05) is 38.4 Å². The predicted octanol–water partition coefficient (Wildman–Crippen LogP) is 15.3. The van der Waals surface area contributed by atoms with Crippen molar-refractivity contribution in [2.24, 2.45) is 28.2 Å². The van der Waals surface area contributed by atoms with Gasteiger partial charge in [0, 0.05) is 127 Å². The number of aryl methyl sites for hydroxylation is 4. The van der Waals surface area contributed by atoms with Crippen molar-refractivity contribution >= 4 is 99.4 Å². The molecule has 0 fully saturated rings. The van der Waals surface area contributed by atoms with E-state index in [1.165, 1.54) is 24.3 Å². The van der Waals surface area contributed by atoms with Crippen molar-refractivity contribution in [2.45, 2.75) is 12.4 Å². The lowest BCUT2D eigenvalue weighted by atomic mass is 10.1. The van der Waals surface area contributed by atoms with Gasteiger partial charge in [-0.15, -0.1) is 0 Å². The minimum atomic E-state index is -4.39. The standard InChI is InChI=1S/C60H38F6N4/c1-67-51-27-37(7-5-35-11-19-41(20-12-35)59(61,62)63)15-23-43(51)47-31-57-49(33-55(47)67)45-25-17-39(29-53(45)69(57)3)9-10-40-18-26-46-50-34-56-48(32-58(50)70(4)54(46)30-40)44-24-16-38(28-52(44)68(56)2)8-6-36-13-21-42(22-14-36)60(64,65)66/h9-34H,1-4H3/b10-9+. The van der Waals surface area contributed by atoms with Crippen LogP contribution in [0.1, 0.15) is 44.5 Å². The number of benzene rings is 8. The molecule has 340 valence electrons. The normalized spacial score (nSPS) is 12.4. The van der Waals surface area contributed by atoms with Crippen molar-refractivity contribution in [3.05, 3.63) is 190 Å². The van der Waals surface area contributed by atoms with Gasteiger partial charge < -0.3 is 18.3 Å². The van der Waals surface area contributed by atoms with Crippen LogP contribution in [0.3, 0.4) is 0 Å². The first kappa shape index (κ1) is 42.7. The summed E-state index contributed by atoms with van der Waals surface area (Å²) < 4.78 is 87.1. The van der Waals surface area contributed by atoms with Crippen LogP contribution in [0.4, 0.5) is 26.3 Å². The quantitative estimate of drug-likeness (QED) is 0.0935. The van der Waals surface area contributed by atoms with Gasteiger partial charge in [-0.2, -0.15) is 26.3 Å². The molecule has 4 aromatic heterocycles. The van der Waals surface area contributed by atoms with Crippen molar-refractivity contribution in [1.29, 1.82) is 0 Å². The average Bonchev–Trinajstić information content (AvgIpc) is 4.00. The first-order valence-corrected chi connectivity index (χ1v) is 22.5. The van der Waals surface area contributed by atoms with E-state index in [0.29, 0.717) is 11.1 Å². The Morgan fingerprint density at radius 1 is 0.300 bits per heavy atom. The van der Waals surface area contributed by atoms with E-state index in [4.69, 9.17) is 0 Å². The van der Waals surface area contributed by atoms with Crippen molar-refractivity contribution in [3.8, 4) is 23.7 Å². The van der Waals surface area contributed by atoms with Crippen LogP contribution in [-0.2, 0) is 40.5 Å². The molecule has 0 unspecified atom stereocenters. The second-order valence-electron chi connectivity index (χ2n) is 18.0. The van der Waals surface area contributed by atoms with Crippen molar-refractivity contribution < 1.29 is 26.3 Å². The fraction of sp³-hybridized carbons (Fsp3) is 0.100. The molecular weight excluding hydrogens is 891 g/mol. The van der Waals surface area contributed by atoms with Crippen molar-refractivity contribution in [1.82, 2.24) is 18.3 Å². The van der Waals surface area contributed by atoms with Gasteiger partial charge >= 0.3 is 12.4 Å². The molecule has 0 saturated carbocycles. The van der Waals surface area contributed by atoms with Gasteiger partial charge in [0.15, 0.2) is 0 Å². The lowest BCUT2D eigenvalue weighted by molar-refractivity contribution is -0.138. The maximum Gasteiger partial charge on any atom is 0.416 e. The van der Waals surface area contributed by atoms with E-state index in [-0.39, 0.29) is 0 Å². The third-order valence-electron chi connectivity index (χ3n) is 13.9. The summed E-state index contributed by atoms with van der Waals surface area (Å²) in [4.78, 5) is 0. The summed E-state index contributed by atoms with van der Waals surface area (Å²) in [6, 6.07) is 44.1. The van der Waals surface area contributed by atoms with Crippen LogP contribution in [0.15, 0.2) is 146 Å². The Morgan fingerprint density at radius 3 is 0.871 bits per heavy atom. The molecule has 0 aliphatic carbocycles. The smallest absolute Gasteiger partial charge is 0.344 e. The zero-order chi connectivity index (χ0) is 48.4. The summed E-state index contributed by atoms with van der Waals surface area (Å²) in [6.07, 6.45) is -4.46. The fourth-order valence-corrected chi connectivity index (χ4v) is 10.2. The molecule has 0 amide bonds. The zero-order valence-electron chi connectivity index (χ0n) is 38.1. The van der Waals surface area contributed by atoms with Crippen LogP contribution in [0.25, 0.3) is 99.4 Å². The molecule has 0 spiro atoms. The topological polar surface area (TPSA) is 19.7 Å². The highest BCUT2D eigenvalue weighted by Crippen LogP contribution is 2.39. The lowest BCUT2D eigenvalue weighted by Crippen LogP contribution is -2.04. The molecule has 0 bridgehead atoms. The number of aromatic nitrogens is 4. The van der Waals surface area contributed by atoms with Gasteiger partial charge in [-0.3, -0.25) is 0 Å². The van der Waals surface area contributed by atoms with Gasteiger partial charge in [0.1, 0.15) is 0 Å². The van der Waals surface area contributed by atoms with E-state index < -0.39 is 23.5 Å². The van der Waals surface area contributed by atoms with Gasteiger partial charge in [-0.25, -0.2) is 0 Å². The summed E-state index contributed by atoms with van der Waals surface area (Å²) in [7, 11) is 8.30. The first-order valence-electron chi connectivity index (χ1n) is 22.5. The maximum atomic E-state index is 13.0. The monoisotopic (exact) mass is 928 g/mol. The van der Waals surface area contributed by atoms with Crippen molar-refractivity contribution in [2.75, 3.05) is 0 Å². The molecule has 12 aromatic rings. The SMILES string of the molecule is Cn1c2cc(C#Cc3ccc(C(F)(F)F)cc3)ccc2c2cc3c(cc21)c1ccc(/C=C/c2ccc4c5cc6c(cc5n(C)c4c2)c2ccc(C#Cc4ccc(C(F)(F)F)cc4)cc2n6C)cc1n3C. The minimum Gasteiger partial charge on any atom is -0.344 e. The molecule has 0 aliphatic heterocycles. The van der Waals surface area contributed by atoms with Gasteiger partial charge in [0.25, 0.3) is 0 Å². The summed E-state index contributed by atoms with van der Waals surface area (Å²) in [5.41, 5.74) is 12.1. The Morgan fingerprint density at radius 2 is 0.557 bits per heavy atom. The molecule has 4 nitrogen and oxygen atoms in total. The van der Waals surface area contributed by atoms with Crippen LogP contribution in [-0.4, -0.2) is 18.3 Å². The summed E-state index contributed by atoms with van der Waals surface area (Å²) in [5, 5.41) is 9.08. The molecule has 0 aliphatic rings. The highest BCUT2D eigenvalue weighted by Gasteiger charge is 2.30. The van der Waals surface area contributed by atoms with Crippen LogP contribution >= 0.6 is 0 Å². The van der Waals surface area contributed by atoms with Crippen LogP contribution < -0.4 is 0 Å². The second-order valence-corrected chi connectivity index (χ2v) is 18.0. The number of halogens is 6. The maximum absolute atomic E-state index is 13.0. The molecule has 4 heterocycles. The molecule has 10 heteroatoms. The van der Waals surface area contributed by atoms with E-state index in [9.17, 15) is 26.3 Å². The predicted molar refractivity (Wildman–Crippen MR) is 273 cm³/mol. The first-order chi connectivity index (χ1) is 33.6. The Bertz CT molecular complexity index is 4070. The fourth-order valence-electron chi connectivity index (χ4n) is 10.2. The second kappa shape index (κ2) is 15.5. The average molecular weight is 929 g/mol. The van der Waals surface area contributed by atoms with Crippen LogP contribution in [0.5, 0.6) is 0 Å².